The SMILES string of the molecule is C=C(/C=C\C)CCCN(N)C(CCSC)C(=O)O. The molecule has 0 spiro atoms. The number of aliphatic carboxylic acids is 1. The lowest BCUT2D eigenvalue weighted by molar-refractivity contribution is -0.143. The fourth-order valence-corrected chi connectivity index (χ4v) is 2.08. The standard InChI is InChI=1S/C13H24N2O2S/c1-4-6-11(2)7-5-9-15(14)12(13(16)17)8-10-18-3/h4,6,12H,2,5,7-10,14H2,1,3H3,(H,16,17)/b6-4-. The first-order valence-corrected chi connectivity index (χ1v) is 7.45. The zero-order valence-corrected chi connectivity index (χ0v) is 12.1. The molecular weight excluding hydrogens is 248 g/mol. The molecule has 0 aromatic rings. The monoisotopic (exact) mass is 272 g/mol. The molecule has 4 nitrogen and oxygen atoms in total. The van der Waals surface area contributed by atoms with Gasteiger partial charge in [-0.05, 0) is 38.2 Å². The Balaban J connectivity index is 4.06. The van der Waals surface area contributed by atoms with E-state index in [1.54, 1.807) is 11.8 Å². The van der Waals surface area contributed by atoms with E-state index in [9.17, 15) is 4.79 Å². The van der Waals surface area contributed by atoms with Crippen molar-refractivity contribution in [3.05, 3.63) is 24.3 Å². The van der Waals surface area contributed by atoms with Gasteiger partial charge in [0.25, 0.3) is 0 Å². The summed E-state index contributed by atoms with van der Waals surface area (Å²) in [6.07, 6.45) is 8.10. The Morgan fingerprint density at radius 3 is 2.78 bits per heavy atom. The number of allylic oxidation sites excluding steroid dienone is 3. The second-order valence-electron chi connectivity index (χ2n) is 4.14. The molecule has 0 aliphatic rings. The summed E-state index contributed by atoms with van der Waals surface area (Å²) in [6, 6.07) is -0.590. The van der Waals surface area contributed by atoms with E-state index in [0.29, 0.717) is 13.0 Å². The molecule has 104 valence electrons. The van der Waals surface area contributed by atoms with Crippen LogP contribution in [0.1, 0.15) is 26.2 Å². The molecule has 0 amide bonds. The highest BCUT2D eigenvalue weighted by molar-refractivity contribution is 7.98. The third-order valence-corrected chi connectivity index (χ3v) is 3.24. The average molecular weight is 272 g/mol. The van der Waals surface area contributed by atoms with Crippen LogP contribution in [0.4, 0.5) is 0 Å². The zero-order chi connectivity index (χ0) is 14.0. The third kappa shape index (κ3) is 7.53. The number of thioether (sulfide) groups is 1. The number of hydrogen-bond donors (Lipinski definition) is 2. The topological polar surface area (TPSA) is 66.6 Å². The number of hydrogen-bond acceptors (Lipinski definition) is 4. The summed E-state index contributed by atoms with van der Waals surface area (Å²) in [7, 11) is 0. The summed E-state index contributed by atoms with van der Waals surface area (Å²) in [5.41, 5.74) is 1.04. The van der Waals surface area contributed by atoms with Gasteiger partial charge >= 0.3 is 5.97 Å². The molecule has 18 heavy (non-hydrogen) atoms. The molecule has 0 aromatic heterocycles. The summed E-state index contributed by atoms with van der Waals surface area (Å²) < 4.78 is 0. The van der Waals surface area contributed by atoms with Gasteiger partial charge < -0.3 is 5.11 Å². The van der Waals surface area contributed by atoms with E-state index in [2.05, 4.69) is 6.58 Å². The highest BCUT2D eigenvalue weighted by Gasteiger charge is 2.22. The normalized spacial score (nSPS) is 13.1. The van der Waals surface area contributed by atoms with E-state index in [0.717, 1.165) is 24.2 Å². The number of rotatable bonds is 10. The first-order valence-electron chi connectivity index (χ1n) is 6.06. The summed E-state index contributed by atoms with van der Waals surface area (Å²) in [5, 5.41) is 10.5. The van der Waals surface area contributed by atoms with E-state index in [-0.39, 0.29) is 0 Å². The van der Waals surface area contributed by atoms with Crippen LogP contribution in [0, 0.1) is 0 Å². The number of carboxylic acids is 1. The molecule has 0 bridgehead atoms. The van der Waals surface area contributed by atoms with Gasteiger partial charge in [-0.3, -0.25) is 10.6 Å². The molecule has 0 rings (SSSR count). The predicted octanol–water partition coefficient (Wildman–Crippen LogP) is 2.28. The molecule has 5 heteroatoms. The highest BCUT2D eigenvalue weighted by atomic mass is 32.2. The van der Waals surface area contributed by atoms with E-state index in [1.165, 1.54) is 5.01 Å². The molecule has 0 aliphatic heterocycles. The van der Waals surface area contributed by atoms with Gasteiger partial charge in [0.1, 0.15) is 6.04 Å². The molecule has 0 aromatic carbocycles. The molecule has 0 fully saturated rings. The molecule has 1 atom stereocenters. The maximum absolute atomic E-state index is 11.1. The lowest BCUT2D eigenvalue weighted by atomic mass is 10.1. The molecule has 0 radical (unpaired) electrons. The Kier molecular flexibility index (Phi) is 9.73. The summed E-state index contributed by atoms with van der Waals surface area (Å²) >= 11 is 1.63. The van der Waals surface area contributed by atoms with Crippen molar-refractivity contribution in [3.63, 3.8) is 0 Å². The van der Waals surface area contributed by atoms with Gasteiger partial charge in [-0.1, -0.05) is 24.3 Å². The summed E-state index contributed by atoms with van der Waals surface area (Å²) in [5.74, 6) is 5.77. The van der Waals surface area contributed by atoms with Crippen LogP contribution in [0.15, 0.2) is 24.3 Å². The maximum Gasteiger partial charge on any atom is 0.322 e. The minimum absolute atomic E-state index is 0.571. The van der Waals surface area contributed by atoms with E-state index in [4.69, 9.17) is 10.9 Å². The third-order valence-electron chi connectivity index (χ3n) is 2.60. The van der Waals surface area contributed by atoms with Gasteiger partial charge in [-0.15, -0.1) is 0 Å². The van der Waals surface area contributed by atoms with Crippen molar-refractivity contribution in [2.45, 2.75) is 32.2 Å². The molecular formula is C13H24N2O2S. The number of nitrogens with two attached hydrogens (primary N) is 1. The average Bonchev–Trinajstić information content (AvgIpc) is 2.29. The van der Waals surface area contributed by atoms with E-state index < -0.39 is 12.0 Å². The molecule has 1 unspecified atom stereocenters. The lowest BCUT2D eigenvalue weighted by Gasteiger charge is -2.23. The Labute approximate surface area is 114 Å². The lowest BCUT2D eigenvalue weighted by Crippen LogP contribution is -2.46. The van der Waals surface area contributed by atoms with Gasteiger partial charge in [0.05, 0.1) is 0 Å². The van der Waals surface area contributed by atoms with Gasteiger partial charge in [0, 0.05) is 6.54 Å². The minimum Gasteiger partial charge on any atom is -0.480 e. The molecule has 0 heterocycles. The van der Waals surface area contributed by atoms with Gasteiger partial charge in [0.15, 0.2) is 0 Å². The van der Waals surface area contributed by atoms with Crippen LogP contribution in [0.25, 0.3) is 0 Å². The van der Waals surface area contributed by atoms with Crippen molar-refractivity contribution in [3.8, 4) is 0 Å². The van der Waals surface area contributed by atoms with Gasteiger partial charge in [0.2, 0.25) is 0 Å². The van der Waals surface area contributed by atoms with Crippen molar-refractivity contribution in [1.29, 1.82) is 0 Å². The van der Waals surface area contributed by atoms with Crippen molar-refractivity contribution in [1.82, 2.24) is 5.01 Å². The fraction of sp³-hybridized carbons (Fsp3) is 0.615. The smallest absolute Gasteiger partial charge is 0.322 e. The van der Waals surface area contributed by atoms with Crippen molar-refractivity contribution in [2.24, 2.45) is 5.84 Å². The Morgan fingerprint density at radius 1 is 1.61 bits per heavy atom. The highest BCUT2D eigenvalue weighted by Crippen LogP contribution is 2.09. The fourth-order valence-electron chi connectivity index (χ4n) is 1.62. The maximum atomic E-state index is 11.1. The van der Waals surface area contributed by atoms with Crippen LogP contribution in [0.2, 0.25) is 0 Å². The van der Waals surface area contributed by atoms with Gasteiger partial charge in [-0.2, -0.15) is 11.8 Å². The zero-order valence-electron chi connectivity index (χ0n) is 11.3. The van der Waals surface area contributed by atoms with Crippen molar-refractivity contribution >= 4 is 17.7 Å². The van der Waals surface area contributed by atoms with Crippen LogP contribution in [0.5, 0.6) is 0 Å². The Bertz CT molecular complexity index is 293. The van der Waals surface area contributed by atoms with Gasteiger partial charge in [-0.25, -0.2) is 5.01 Å². The number of hydrazine groups is 1. The molecule has 0 saturated carbocycles. The van der Waals surface area contributed by atoms with Crippen molar-refractivity contribution in [2.75, 3.05) is 18.6 Å². The van der Waals surface area contributed by atoms with Crippen molar-refractivity contribution < 1.29 is 9.90 Å². The minimum atomic E-state index is -0.848. The van der Waals surface area contributed by atoms with E-state index in [1.807, 2.05) is 25.3 Å². The first-order chi connectivity index (χ1) is 8.52. The Morgan fingerprint density at radius 2 is 2.28 bits per heavy atom. The number of carbonyl (C=O) groups is 1. The molecule has 0 saturated heterocycles. The van der Waals surface area contributed by atoms with Crippen LogP contribution in [-0.2, 0) is 4.79 Å². The largest absolute Gasteiger partial charge is 0.480 e. The predicted molar refractivity (Wildman–Crippen MR) is 78.5 cm³/mol. The van der Waals surface area contributed by atoms with Crippen LogP contribution >= 0.6 is 11.8 Å². The quantitative estimate of drug-likeness (QED) is 0.363. The summed E-state index contributed by atoms with van der Waals surface area (Å²) in [6.45, 7) is 6.42. The Hall–Kier alpha value is -0.780. The number of carboxylic acid groups (broad SMARTS) is 1. The van der Waals surface area contributed by atoms with Crippen LogP contribution < -0.4 is 5.84 Å². The first kappa shape index (κ1) is 17.2. The van der Waals surface area contributed by atoms with Crippen LogP contribution in [-0.4, -0.2) is 40.7 Å². The summed E-state index contributed by atoms with van der Waals surface area (Å²) in [4.78, 5) is 11.1. The number of nitrogens with zero attached hydrogens (tertiary/aromatic N) is 1. The molecule has 0 aliphatic carbocycles. The van der Waals surface area contributed by atoms with E-state index >= 15 is 0 Å². The van der Waals surface area contributed by atoms with Crippen LogP contribution in [0.3, 0.4) is 0 Å². The second kappa shape index (κ2) is 10.2. The second-order valence-corrected chi connectivity index (χ2v) is 5.12. The molecule has 3 N–H and O–H groups in total.